The van der Waals surface area contributed by atoms with Crippen LogP contribution in [0.3, 0.4) is 0 Å². The number of anilines is 1. The molecule has 0 saturated heterocycles. The molecule has 0 spiro atoms. The fourth-order valence-corrected chi connectivity index (χ4v) is 1.85. The second-order valence-corrected chi connectivity index (χ2v) is 4.22. The molecule has 0 aliphatic carbocycles. The molecule has 0 aliphatic heterocycles. The second kappa shape index (κ2) is 4.02. The van der Waals surface area contributed by atoms with Gasteiger partial charge in [-0.3, -0.25) is 0 Å². The fourth-order valence-electron chi connectivity index (χ4n) is 0.680. The summed E-state index contributed by atoms with van der Waals surface area (Å²) < 4.78 is 1.23. The number of nitrogens with zero attached hydrogens (tertiary/aromatic N) is 1. The van der Waals surface area contributed by atoms with E-state index >= 15 is 0 Å². The standard InChI is InChI=1S/C8H8N2Se/c9-5-6-11-8-3-1-7(10)2-4-8/h1-4H,6,10H2. The first-order chi connectivity index (χ1) is 5.33. The zero-order valence-electron chi connectivity index (χ0n) is 5.95. The molecule has 0 aromatic heterocycles. The molecule has 0 heterocycles. The average molecular weight is 211 g/mol. The van der Waals surface area contributed by atoms with Gasteiger partial charge in [0, 0.05) is 0 Å². The summed E-state index contributed by atoms with van der Waals surface area (Å²) in [6.07, 6.45) is 0. The molecule has 0 bridgehead atoms. The molecule has 0 aliphatic rings. The van der Waals surface area contributed by atoms with E-state index in [1.165, 1.54) is 4.46 Å². The summed E-state index contributed by atoms with van der Waals surface area (Å²) in [5, 5.41) is 8.96. The Bertz CT molecular complexity index is 260. The van der Waals surface area contributed by atoms with Crippen LogP contribution in [-0.4, -0.2) is 15.0 Å². The molecule has 0 amide bonds. The summed E-state index contributed by atoms with van der Waals surface area (Å²) in [4.78, 5) is 0. The predicted octanol–water partition coefficient (Wildman–Crippen LogP) is 0.540. The monoisotopic (exact) mass is 212 g/mol. The molecule has 0 radical (unpaired) electrons. The van der Waals surface area contributed by atoms with Crippen molar-refractivity contribution in [3.8, 4) is 6.07 Å². The third kappa shape index (κ3) is 2.63. The van der Waals surface area contributed by atoms with Crippen LogP contribution in [0.25, 0.3) is 0 Å². The zero-order chi connectivity index (χ0) is 8.10. The molecule has 0 unspecified atom stereocenters. The molecular weight excluding hydrogens is 203 g/mol. The van der Waals surface area contributed by atoms with Crippen LogP contribution >= 0.6 is 0 Å². The maximum atomic E-state index is 8.32. The van der Waals surface area contributed by atoms with Crippen molar-refractivity contribution in [1.29, 1.82) is 5.26 Å². The van der Waals surface area contributed by atoms with Crippen LogP contribution in [0.2, 0.25) is 5.32 Å². The van der Waals surface area contributed by atoms with E-state index in [0.717, 1.165) is 5.69 Å². The van der Waals surface area contributed by atoms with Gasteiger partial charge in [0.2, 0.25) is 0 Å². The van der Waals surface area contributed by atoms with Gasteiger partial charge < -0.3 is 0 Å². The molecule has 2 N–H and O–H groups in total. The first kappa shape index (κ1) is 8.13. The van der Waals surface area contributed by atoms with E-state index in [1.54, 1.807) is 0 Å². The minimum absolute atomic E-state index is 0.294. The van der Waals surface area contributed by atoms with Gasteiger partial charge in [0.15, 0.2) is 0 Å². The van der Waals surface area contributed by atoms with Crippen molar-refractivity contribution < 1.29 is 0 Å². The van der Waals surface area contributed by atoms with Gasteiger partial charge in [0.05, 0.1) is 0 Å². The topological polar surface area (TPSA) is 49.8 Å². The second-order valence-electron chi connectivity index (χ2n) is 2.02. The zero-order valence-corrected chi connectivity index (χ0v) is 7.66. The predicted molar refractivity (Wildman–Crippen MR) is 46.7 cm³/mol. The third-order valence-corrected chi connectivity index (χ3v) is 3.03. The SMILES string of the molecule is N#CC[Se]c1ccc(N)cc1. The summed E-state index contributed by atoms with van der Waals surface area (Å²) in [7, 11) is 0. The minimum atomic E-state index is 0.294. The molecule has 0 fully saturated rings. The van der Waals surface area contributed by atoms with E-state index in [9.17, 15) is 0 Å². The van der Waals surface area contributed by atoms with Gasteiger partial charge in [-0.15, -0.1) is 0 Å². The van der Waals surface area contributed by atoms with Gasteiger partial charge in [-0.25, -0.2) is 0 Å². The van der Waals surface area contributed by atoms with Gasteiger partial charge >= 0.3 is 71.8 Å². The first-order valence-electron chi connectivity index (χ1n) is 3.18. The number of hydrogen-bond donors (Lipinski definition) is 1. The molecule has 11 heavy (non-hydrogen) atoms. The number of nitriles is 1. The average Bonchev–Trinajstić information content (AvgIpc) is 2.04. The first-order valence-corrected chi connectivity index (χ1v) is 5.25. The van der Waals surface area contributed by atoms with Crippen molar-refractivity contribution in [1.82, 2.24) is 0 Å². The van der Waals surface area contributed by atoms with Crippen LogP contribution in [0.4, 0.5) is 5.69 Å². The summed E-state index contributed by atoms with van der Waals surface area (Å²) in [6.45, 7) is 0. The summed E-state index contributed by atoms with van der Waals surface area (Å²) in [5.41, 5.74) is 6.28. The van der Waals surface area contributed by atoms with Crippen molar-refractivity contribution in [2.75, 3.05) is 5.73 Å². The van der Waals surface area contributed by atoms with Crippen molar-refractivity contribution in [2.24, 2.45) is 0 Å². The Morgan fingerprint density at radius 2 is 2.00 bits per heavy atom. The summed E-state index contributed by atoms with van der Waals surface area (Å²) in [6, 6.07) is 9.82. The molecule has 1 rings (SSSR count). The molecule has 1 aromatic rings. The van der Waals surface area contributed by atoms with Crippen LogP contribution < -0.4 is 10.2 Å². The van der Waals surface area contributed by atoms with Gasteiger partial charge in [-0.2, -0.15) is 0 Å². The van der Waals surface area contributed by atoms with E-state index in [2.05, 4.69) is 6.07 Å². The molecule has 0 atom stereocenters. The number of nitrogen functional groups attached to an aromatic ring is 1. The maximum absolute atomic E-state index is 8.32. The third-order valence-electron chi connectivity index (χ3n) is 1.18. The molecule has 56 valence electrons. The van der Waals surface area contributed by atoms with Gasteiger partial charge in [0.1, 0.15) is 0 Å². The Hall–Kier alpha value is -0.971. The fraction of sp³-hybridized carbons (Fsp3) is 0.125. The normalized spacial score (nSPS) is 9.00. The van der Waals surface area contributed by atoms with Crippen LogP contribution in [0.5, 0.6) is 0 Å². The Balaban J connectivity index is 2.60. The van der Waals surface area contributed by atoms with Crippen molar-refractivity contribution in [3.63, 3.8) is 0 Å². The Labute approximate surface area is 72.2 Å². The van der Waals surface area contributed by atoms with Crippen LogP contribution in [0.1, 0.15) is 0 Å². The van der Waals surface area contributed by atoms with Gasteiger partial charge in [-0.05, 0) is 0 Å². The molecule has 3 heteroatoms. The van der Waals surface area contributed by atoms with Crippen molar-refractivity contribution >= 4 is 25.1 Å². The van der Waals surface area contributed by atoms with Crippen LogP contribution in [-0.2, 0) is 0 Å². The van der Waals surface area contributed by atoms with Crippen molar-refractivity contribution in [3.05, 3.63) is 24.3 Å². The molecular formula is C8H8N2Se. The number of nitrogens with two attached hydrogens (primary N) is 1. The number of rotatable bonds is 2. The van der Waals surface area contributed by atoms with Crippen LogP contribution in [0, 0.1) is 11.3 Å². The van der Waals surface area contributed by atoms with E-state index < -0.39 is 0 Å². The Morgan fingerprint density at radius 1 is 1.36 bits per heavy atom. The van der Waals surface area contributed by atoms with E-state index in [1.807, 2.05) is 24.3 Å². The van der Waals surface area contributed by atoms with E-state index in [0.29, 0.717) is 20.3 Å². The molecule has 1 aromatic carbocycles. The van der Waals surface area contributed by atoms with Gasteiger partial charge in [0.25, 0.3) is 0 Å². The summed E-state index contributed by atoms with van der Waals surface area (Å²) in [5.74, 6) is 0. The summed E-state index contributed by atoms with van der Waals surface area (Å²) >= 11 is 0.294. The molecule has 0 saturated carbocycles. The van der Waals surface area contributed by atoms with Crippen molar-refractivity contribution in [2.45, 2.75) is 5.32 Å². The van der Waals surface area contributed by atoms with Crippen LogP contribution in [0.15, 0.2) is 24.3 Å². The molecule has 2 nitrogen and oxygen atoms in total. The van der Waals surface area contributed by atoms with E-state index in [4.69, 9.17) is 11.0 Å². The quantitative estimate of drug-likeness (QED) is 0.573. The Kier molecular flexibility index (Phi) is 2.97. The Morgan fingerprint density at radius 3 is 2.55 bits per heavy atom. The van der Waals surface area contributed by atoms with E-state index in [-0.39, 0.29) is 0 Å². The van der Waals surface area contributed by atoms with Gasteiger partial charge in [-0.1, -0.05) is 0 Å². The number of benzene rings is 1. The number of hydrogen-bond acceptors (Lipinski definition) is 2.